The SMILES string of the molecule is Cc1ccc2nc(Cl)c(C3C(C#N)=C(N)n4c(=O)c5ccccc5c(=O)n43)cc2c1. The van der Waals surface area contributed by atoms with E-state index in [0.717, 1.165) is 15.6 Å². The summed E-state index contributed by atoms with van der Waals surface area (Å²) in [6.07, 6.45) is 0. The smallest absolute Gasteiger partial charge is 0.279 e. The van der Waals surface area contributed by atoms with Crippen LogP contribution < -0.4 is 16.9 Å². The average Bonchev–Trinajstić information content (AvgIpc) is 3.04. The van der Waals surface area contributed by atoms with Crippen LogP contribution in [0.2, 0.25) is 5.15 Å². The molecular weight excluding hydrogens is 402 g/mol. The summed E-state index contributed by atoms with van der Waals surface area (Å²) in [7, 11) is 0. The second-order valence-corrected chi connectivity index (χ2v) is 7.55. The molecule has 3 heterocycles. The molecule has 0 saturated carbocycles. The first-order valence-corrected chi connectivity index (χ1v) is 9.53. The van der Waals surface area contributed by atoms with Crippen molar-refractivity contribution in [3.8, 4) is 6.07 Å². The molecule has 0 radical (unpaired) electrons. The maximum absolute atomic E-state index is 13.3. The van der Waals surface area contributed by atoms with E-state index in [1.165, 1.54) is 4.68 Å². The third kappa shape index (κ3) is 2.34. The molecule has 1 unspecified atom stereocenters. The Hall–Kier alpha value is -3.89. The van der Waals surface area contributed by atoms with Crippen LogP contribution in [0, 0.1) is 18.3 Å². The minimum atomic E-state index is -0.954. The van der Waals surface area contributed by atoms with Crippen molar-refractivity contribution in [2.75, 3.05) is 0 Å². The average molecular weight is 416 g/mol. The Balaban J connectivity index is 1.91. The molecule has 30 heavy (non-hydrogen) atoms. The van der Waals surface area contributed by atoms with Gasteiger partial charge in [-0.2, -0.15) is 9.94 Å². The lowest BCUT2D eigenvalue weighted by Crippen LogP contribution is -2.38. The van der Waals surface area contributed by atoms with E-state index in [-0.39, 0.29) is 27.3 Å². The second kappa shape index (κ2) is 6.31. The molecule has 7 nitrogen and oxygen atoms in total. The summed E-state index contributed by atoms with van der Waals surface area (Å²) in [4.78, 5) is 30.9. The molecule has 2 aromatic heterocycles. The normalized spacial score (nSPS) is 15.6. The molecular formula is C22H14ClN5O2. The predicted molar refractivity (Wildman–Crippen MR) is 115 cm³/mol. The van der Waals surface area contributed by atoms with Gasteiger partial charge in [-0.25, -0.2) is 9.67 Å². The maximum atomic E-state index is 13.3. The summed E-state index contributed by atoms with van der Waals surface area (Å²) in [6.45, 7) is 1.95. The number of nitriles is 1. The molecule has 1 atom stereocenters. The number of hydrogen-bond acceptors (Lipinski definition) is 5. The van der Waals surface area contributed by atoms with Crippen molar-refractivity contribution in [1.82, 2.24) is 14.3 Å². The van der Waals surface area contributed by atoms with Gasteiger partial charge >= 0.3 is 0 Å². The van der Waals surface area contributed by atoms with E-state index in [9.17, 15) is 14.9 Å². The first-order chi connectivity index (χ1) is 14.4. The highest BCUT2D eigenvalue weighted by Gasteiger charge is 2.36. The summed E-state index contributed by atoms with van der Waals surface area (Å²) in [5.41, 5.74) is 7.47. The van der Waals surface area contributed by atoms with Crippen molar-refractivity contribution in [3.63, 3.8) is 0 Å². The van der Waals surface area contributed by atoms with Gasteiger partial charge in [0, 0.05) is 10.9 Å². The van der Waals surface area contributed by atoms with Crippen molar-refractivity contribution < 1.29 is 0 Å². The molecule has 0 bridgehead atoms. The first kappa shape index (κ1) is 18.2. The van der Waals surface area contributed by atoms with Gasteiger partial charge in [0.15, 0.2) is 0 Å². The van der Waals surface area contributed by atoms with E-state index in [1.54, 1.807) is 30.3 Å². The molecule has 0 amide bonds. The van der Waals surface area contributed by atoms with E-state index in [0.29, 0.717) is 11.1 Å². The van der Waals surface area contributed by atoms with Crippen molar-refractivity contribution in [2.45, 2.75) is 13.0 Å². The Bertz CT molecular complexity index is 1590. The Kier molecular flexibility index (Phi) is 3.82. The lowest BCUT2D eigenvalue weighted by Gasteiger charge is -2.18. The Labute approximate surface area is 174 Å². The molecule has 0 fully saturated rings. The van der Waals surface area contributed by atoms with Crippen LogP contribution in [0.25, 0.3) is 27.5 Å². The summed E-state index contributed by atoms with van der Waals surface area (Å²) in [6, 6.07) is 15.1. The van der Waals surface area contributed by atoms with Crippen LogP contribution in [0.3, 0.4) is 0 Å². The number of nitrogens with zero attached hydrogens (tertiary/aromatic N) is 4. The number of rotatable bonds is 1. The third-order valence-corrected chi connectivity index (χ3v) is 5.69. The standard InChI is InChI=1S/C22H14ClN5O2/c1-11-6-7-17-12(8-11)9-15(19(23)26-17)18-16(10-24)20(25)28-22(30)14-5-3-2-4-13(14)21(29)27(18)28/h2-9,18H,25H2,1H3. The summed E-state index contributed by atoms with van der Waals surface area (Å²) in [5.74, 6) is -0.0873. The van der Waals surface area contributed by atoms with E-state index >= 15 is 0 Å². The minimum absolute atomic E-state index is 0.0696. The highest BCUT2D eigenvalue weighted by atomic mass is 35.5. The summed E-state index contributed by atoms with van der Waals surface area (Å²) in [5, 5.41) is 11.2. The third-order valence-electron chi connectivity index (χ3n) is 5.39. The fourth-order valence-corrected chi connectivity index (χ4v) is 4.25. The molecule has 1 aliphatic heterocycles. The monoisotopic (exact) mass is 415 g/mol. The van der Waals surface area contributed by atoms with Crippen LogP contribution in [0.5, 0.6) is 0 Å². The van der Waals surface area contributed by atoms with Crippen molar-refractivity contribution >= 4 is 39.1 Å². The number of aryl methyl sites for hydroxylation is 1. The zero-order valence-corrected chi connectivity index (χ0v) is 16.5. The largest absolute Gasteiger partial charge is 0.383 e. The quantitative estimate of drug-likeness (QED) is 0.481. The molecule has 0 aliphatic carbocycles. The van der Waals surface area contributed by atoms with Crippen molar-refractivity contribution in [1.29, 1.82) is 5.26 Å². The van der Waals surface area contributed by atoms with Gasteiger partial charge in [0.1, 0.15) is 28.7 Å². The fraction of sp³-hybridized carbons (Fsp3) is 0.0909. The zero-order chi connectivity index (χ0) is 21.2. The Morgan fingerprint density at radius 1 is 1.10 bits per heavy atom. The second-order valence-electron chi connectivity index (χ2n) is 7.19. The van der Waals surface area contributed by atoms with E-state index < -0.39 is 17.2 Å². The molecule has 0 spiro atoms. The van der Waals surface area contributed by atoms with Gasteiger partial charge in [0.25, 0.3) is 11.1 Å². The number of fused-ring (bicyclic) bond motifs is 3. The number of aromatic nitrogens is 3. The van der Waals surface area contributed by atoms with Gasteiger partial charge in [0.2, 0.25) is 0 Å². The van der Waals surface area contributed by atoms with Crippen molar-refractivity contribution in [3.05, 3.63) is 91.1 Å². The first-order valence-electron chi connectivity index (χ1n) is 9.16. The molecule has 8 heteroatoms. The van der Waals surface area contributed by atoms with Gasteiger partial charge < -0.3 is 5.73 Å². The lowest BCUT2D eigenvalue weighted by molar-refractivity contribution is 0.538. The molecule has 4 aromatic rings. The van der Waals surface area contributed by atoms with Gasteiger partial charge in [-0.05, 0) is 37.3 Å². The fourth-order valence-electron chi connectivity index (χ4n) is 4.00. The molecule has 0 saturated heterocycles. The van der Waals surface area contributed by atoms with E-state index in [2.05, 4.69) is 11.1 Å². The summed E-state index contributed by atoms with van der Waals surface area (Å²) >= 11 is 6.48. The Morgan fingerprint density at radius 3 is 2.50 bits per heavy atom. The number of halogens is 1. The van der Waals surface area contributed by atoms with E-state index in [1.807, 2.05) is 25.1 Å². The number of allylic oxidation sites excluding steroid dienone is 1. The predicted octanol–water partition coefficient (Wildman–Crippen LogP) is 2.93. The molecule has 146 valence electrons. The molecule has 1 aliphatic rings. The maximum Gasteiger partial charge on any atom is 0.279 e. The molecule has 2 aromatic carbocycles. The zero-order valence-electron chi connectivity index (χ0n) is 15.8. The van der Waals surface area contributed by atoms with Crippen LogP contribution >= 0.6 is 11.6 Å². The number of hydrogen-bond donors (Lipinski definition) is 1. The van der Waals surface area contributed by atoms with E-state index in [4.69, 9.17) is 17.3 Å². The highest BCUT2D eigenvalue weighted by Crippen LogP contribution is 2.37. The molecule has 2 N–H and O–H groups in total. The number of nitrogens with two attached hydrogens (primary N) is 1. The lowest BCUT2D eigenvalue weighted by atomic mass is 10.00. The van der Waals surface area contributed by atoms with Gasteiger partial charge in [-0.3, -0.25) is 9.59 Å². The number of pyridine rings is 1. The topological polar surface area (TPSA) is 107 Å². The number of benzene rings is 2. The van der Waals surface area contributed by atoms with Gasteiger partial charge in [-0.1, -0.05) is 35.4 Å². The van der Waals surface area contributed by atoms with Gasteiger partial charge in [-0.15, -0.1) is 0 Å². The minimum Gasteiger partial charge on any atom is -0.383 e. The Morgan fingerprint density at radius 2 is 1.80 bits per heavy atom. The van der Waals surface area contributed by atoms with Crippen LogP contribution in [0.15, 0.2) is 63.7 Å². The van der Waals surface area contributed by atoms with Crippen molar-refractivity contribution in [2.24, 2.45) is 5.73 Å². The van der Waals surface area contributed by atoms with Crippen LogP contribution in [0.4, 0.5) is 0 Å². The van der Waals surface area contributed by atoms with Crippen LogP contribution in [-0.4, -0.2) is 14.3 Å². The molecule has 5 rings (SSSR count). The van der Waals surface area contributed by atoms with Crippen LogP contribution in [0.1, 0.15) is 17.2 Å². The summed E-state index contributed by atoms with van der Waals surface area (Å²) < 4.78 is 2.26. The van der Waals surface area contributed by atoms with Crippen LogP contribution in [-0.2, 0) is 0 Å². The van der Waals surface area contributed by atoms with Gasteiger partial charge in [0.05, 0.1) is 16.3 Å². The highest BCUT2D eigenvalue weighted by molar-refractivity contribution is 6.30.